The van der Waals surface area contributed by atoms with E-state index in [4.69, 9.17) is 28.7 Å². The Bertz CT molecular complexity index is 796. The minimum atomic E-state index is -2.10. The molecular formula is C23H44F4N4O13. The van der Waals surface area contributed by atoms with Crippen molar-refractivity contribution in [2.24, 2.45) is 0 Å². The van der Waals surface area contributed by atoms with Crippen LogP contribution in [-0.4, -0.2) is 147 Å². The molecule has 2 fully saturated rings. The molecule has 11 N–H and O–H groups in total. The fourth-order valence-corrected chi connectivity index (χ4v) is 4.58. The van der Waals surface area contributed by atoms with Crippen molar-refractivity contribution < 1.29 is 82.4 Å². The fourth-order valence-electron chi connectivity index (χ4n) is 4.58. The molecule has 0 bridgehead atoms. The van der Waals surface area contributed by atoms with Crippen molar-refractivity contribution in [3.8, 4) is 0 Å². The van der Waals surface area contributed by atoms with Crippen LogP contribution < -0.4 is 22.2 Å². The highest BCUT2D eigenvalue weighted by molar-refractivity contribution is 4.89. The van der Waals surface area contributed by atoms with Gasteiger partial charge in [-0.25, -0.2) is 9.78 Å². The Morgan fingerprint density at radius 2 is 1.50 bits per heavy atom. The Kier molecular flexibility index (Phi) is 17.5. The smallest absolute Gasteiger partial charge is 0.189 e. The van der Waals surface area contributed by atoms with Gasteiger partial charge in [0.25, 0.3) is 0 Å². The van der Waals surface area contributed by atoms with Crippen LogP contribution in [-0.2, 0) is 28.7 Å². The van der Waals surface area contributed by atoms with Gasteiger partial charge < -0.3 is 54.7 Å². The zero-order chi connectivity index (χ0) is 33.0. The molecule has 0 amide bonds. The van der Waals surface area contributed by atoms with Gasteiger partial charge in [0.2, 0.25) is 0 Å². The number of rotatable bonds is 21. The molecule has 0 aromatic carbocycles. The lowest BCUT2D eigenvalue weighted by atomic mass is 10.0. The second-order valence-electron chi connectivity index (χ2n) is 10.6. The van der Waals surface area contributed by atoms with Gasteiger partial charge in [-0.2, -0.15) is 22.2 Å². The standard InChI is InChI=1S/C23H44F4N4O13/c1-9(29-25)18(35)19(36)14(6-28-24)43-44-21-16(8-33)41-23(20(21)37)42-22(38)12(31-27)5-11(30-26)10(2)39-17-4-3-13(34)15(7-32)40-17/h9-23,28-38H,3-8H2,1-2H3. The number of aliphatic hydroxyl groups is 7. The van der Waals surface area contributed by atoms with E-state index in [9.17, 15) is 53.7 Å². The zero-order valence-electron chi connectivity index (χ0n) is 24.0. The molecule has 15 unspecified atom stereocenters. The average Bonchev–Trinajstić information content (AvgIpc) is 3.32. The monoisotopic (exact) mass is 660 g/mol. The van der Waals surface area contributed by atoms with Crippen LogP contribution in [0.3, 0.4) is 0 Å². The van der Waals surface area contributed by atoms with Crippen molar-refractivity contribution in [3.05, 3.63) is 0 Å². The molecule has 15 atom stereocenters. The van der Waals surface area contributed by atoms with Crippen molar-refractivity contribution in [2.45, 2.75) is 125 Å². The van der Waals surface area contributed by atoms with Gasteiger partial charge in [-0.3, -0.25) is 0 Å². The lowest BCUT2D eigenvalue weighted by molar-refractivity contribution is -0.379. The first-order chi connectivity index (χ1) is 20.9. The highest BCUT2D eigenvalue weighted by Crippen LogP contribution is 2.28. The predicted octanol–water partition coefficient (Wildman–Crippen LogP) is -3.52. The van der Waals surface area contributed by atoms with Crippen LogP contribution in [0.1, 0.15) is 33.1 Å². The van der Waals surface area contributed by atoms with E-state index in [-0.39, 0.29) is 12.8 Å². The maximum Gasteiger partial charge on any atom is 0.189 e. The molecule has 2 aliphatic rings. The summed E-state index contributed by atoms with van der Waals surface area (Å²) in [4.78, 5) is 9.96. The van der Waals surface area contributed by atoms with Crippen molar-refractivity contribution in [1.82, 2.24) is 22.2 Å². The number of ether oxygens (including phenoxy) is 4. The Hall–Kier alpha value is -0.960. The third-order valence-corrected chi connectivity index (χ3v) is 7.43. The summed E-state index contributed by atoms with van der Waals surface area (Å²) in [6.07, 6.45) is -17.8. The van der Waals surface area contributed by atoms with Crippen molar-refractivity contribution in [1.29, 1.82) is 0 Å². The van der Waals surface area contributed by atoms with E-state index in [0.717, 1.165) is 0 Å². The van der Waals surface area contributed by atoms with Gasteiger partial charge in [-0.15, -0.1) is 17.9 Å². The molecule has 2 heterocycles. The SMILES string of the molecule is CC(NF)C(O)C(O)C(CNF)OOC1C(CO)OC(OC(O)C(CC(NF)C(C)OC2CCC(O)C(CO)O2)NF)C1O. The average molecular weight is 661 g/mol. The van der Waals surface area contributed by atoms with Crippen LogP contribution >= 0.6 is 0 Å². The van der Waals surface area contributed by atoms with Gasteiger partial charge in [0, 0.05) is 6.42 Å². The lowest BCUT2D eigenvalue weighted by Gasteiger charge is -2.36. The molecule has 0 aliphatic carbocycles. The number of hydrogen-bond acceptors (Lipinski definition) is 17. The van der Waals surface area contributed by atoms with Crippen molar-refractivity contribution >= 4 is 0 Å². The Balaban J connectivity index is 1.98. The summed E-state index contributed by atoms with van der Waals surface area (Å²) in [5, 5.41) is 70.1. The number of nitrogens with one attached hydrogen (secondary N) is 4. The quantitative estimate of drug-likeness (QED) is 0.0188. The van der Waals surface area contributed by atoms with E-state index >= 15 is 0 Å². The van der Waals surface area contributed by atoms with Crippen LogP contribution in [0.15, 0.2) is 0 Å². The van der Waals surface area contributed by atoms with E-state index in [1.54, 1.807) is 0 Å². The maximum absolute atomic E-state index is 13.7. The summed E-state index contributed by atoms with van der Waals surface area (Å²) in [5.74, 6) is 0. The molecule has 262 valence electrons. The molecule has 0 aromatic rings. The molecule has 2 saturated heterocycles. The van der Waals surface area contributed by atoms with Crippen LogP contribution in [0.25, 0.3) is 0 Å². The van der Waals surface area contributed by atoms with E-state index in [0.29, 0.717) is 0 Å². The minimum absolute atomic E-state index is 0.228. The first-order valence-electron chi connectivity index (χ1n) is 13.9. The second-order valence-corrected chi connectivity index (χ2v) is 10.6. The zero-order valence-corrected chi connectivity index (χ0v) is 24.0. The Morgan fingerprint density at radius 1 is 0.841 bits per heavy atom. The summed E-state index contributed by atoms with van der Waals surface area (Å²) < 4.78 is 74.4. The Labute approximate surface area is 250 Å². The van der Waals surface area contributed by atoms with Gasteiger partial charge in [-0.05, 0) is 26.7 Å². The van der Waals surface area contributed by atoms with Gasteiger partial charge in [0.15, 0.2) is 25.0 Å². The molecule has 21 heteroatoms. The molecular weight excluding hydrogens is 616 g/mol. The molecule has 44 heavy (non-hydrogen) atoms. The number of aliphatic hydroxyl groups excluding tert-OH is 7. The first-order valence-corrected chi connectivity index (χ1v) is 13.9. The molecule has 0 spiro atoms. The molecule has 2 rings (SSSR count). The van der Waals surface area contributed by atoms with Gasteiger partial charge in [-0.1, -0.05) is 0 Å². The van der Waals surface area contributed by atoms with E-state index in [1.165, 1.54) is 36.0 Å². The largest absolute Gasteiger partial charge is 0.394 e. The summed E-state index contributed by atoms with van der Waals surface area (Å²) in [5.41, 5.74) is 5.09. The van der Waals surface area contributed by atoms with Crippen molar-refractivity contribution in [2.75, 3.05) is 19.8 Å². The second kappa shape index (κ2) is 19.6. The van der Waals surface area contributed by atoms with E-state index in [2.05, 4.69) is 0 Å². The number of halogens is 4. The lowest BCUT2D eigenvalue weighted by Crippen LogP contribution is -2.51. The fraction of sp³-hybridized carbons (Fsp3) is 1.00. The van der Waals surface area contributed by atoms with Gasteiger partial charge in [0.1, 0.15) is 36.6 Å². The van der Waals surface area contributed by atoms with Gasteiger partial charge in [0.05, 0.1) is 50.1 Å². The number of hydrogen-bond donors (Lipinski definition) is 11. The third kappa shape index (κ3) is 10.8. The molecule has 17 nitrogen and oxygen atoms in total. The topological polar surface area (TPSA) is 245 Å². The van der Waals surface area contributed by atoms with Crippen molar-refractivity contribution in [3.63, 3.8) is 0 Å². The highest BCUT2D eigenvalue weighted by atomic mass is 19.2. The summed E-state index contributed by atoms with van der Waals surface area (Å²) in [6, 6.07) is -4.20. The Morgan fingerprint density at radius 3 is 2.07 bits per heavy atom. The molecule has 2 aliphatic heterocycles. The van der Waals surface area contributed by atoms with Crippen LogP contribution in [0.4, 0.5) is 17.9 Å². The van der Waals surface area contributed by atoms with Crippen LogP contribution in [0.2, 0.25) is 0 Å². The molecule has 0 aromatic heterocycles. The van der Waals surface area contributed by atoms with E-state index in [1.807, 2.05) is 0 Å². The predicted molar refractivity (Wildman–Crippen MR) is 136 cm³/mol. The maximum atomic E-state index is 13.7. The van der Waals surface area contributed by atoms with Crippen LogP contribution in [0, 0.1) is 0 Å². The van der Waals surface area contributed by atoms with E-state index < -0.39 is 118 Å². The first kappa shape index (κ1) is 39.2. The van der Waals surface area contributed by atoms with Gasteiger partial charge >= 0.3 is 0 Å². The molecule has 0 radical (unpaired) electrons. The highest BCUT2D eigenvalue weighted by Gasteiger charge is 2.48. The third-order valence-electron chi connectivity index (χ3n) is 7.43. The molecule has 0 saturated carbocycles. The van der Waals surface area contributed by atoms with Crippen LogP contribution in [0.5, 0.6) is 0 Å². The summed E-state index contributed by atoms with van der Waals surface area (Å²) >= 11 is 0. The minimum Gasteiger partial charge on any atom is -0.394 e. The normalized spacial score (nSPS) is 33.3. The summed E-state index contributed by atoms with van der Waals surface area (Å²) in [7, 11) is 0. The summed E-state index contributed by atoms with van der Waals surface area (Å²) in [6.45, 7) is 0.541.